The van der Waals surface area contributed by atoms with Gasteiger partial charge in [-0.05, 0) is 57.7 Å². The normalized spacial score (nSPS) is 19.9. The molecule has 3 rings (SSSR count). The molecule has 2 aliphatic rings. The van der Waals surface area contributed by atoms with Gasteiger partial charge in [0.1, 0.15) is 0 Å². The van der Waals surface area contributed by atoms with Crippen LogP contribution in [0.1, 0.15) is 44.6 Å². The molecule has 1 unspecified atom stereocenters. The Morgan fingerprint density at radius 2 is 1.87 bits per heavy atom. The highest BCUT2D eigenvalue weighted by Gasteiger charge is 2.34. The molecule has 1 atom stereocenters. The maximum absolute atomic E-state index is 13.1. The lowest BCUT2D eigenvalue weighted by atomic mass is 9.97. The average molecular weight is 453 g/mol. The molecule has 2 heterocycles. The number of non-ortho nitro benzene ring substituents is 1. The number of benzene rings is 1. The van der Waals surface area contributed by atoms with E-state index in [0.29, 0.717) is 31.0 Å². The number of sulfonamides is 1. The van der Waals surface area contributed by atoms with Crippen LogP contribution in [0.4, 0.5) is 5.69 Å². The van der Waals surface area contributed by atoms with Crippen molar-refractivity contribution in [1.29, 1.82) is 0 Å². The summed E-state index contributed by atoms with van der Waals surface area (Å²) < 4.78 is 27.5. The van der Waals surface area contributed by atoms with Crippen LogP contribution in [-0.4, -0.2) is 67.2 Å². The fourth-order valence-corrected chi connectivity index (χ4v) is 6.19. The van der Waals surface area contributed by atoms with Crippen LogP contribution < -0.4 is 5.32 Å². The number of nitro groups is 1. The summed E-state index contributed by atoms with van der Waals surface area (Å²) in [7, 11) is -3.85. The first kappa shape index (κ1) is 23.6. The summed E-state index contributed by atoms with van der Waals surface area (Å²) in [5, 5.41) is 14.1. The van der Waals surface area contributed by atoms with E-state index in [0.717, 1.165) is 25.6 Å². The molecular formula is C21H32N4O5S. The van der Waals surface area contributed by atoms with Crippen molar-refractivity contribution in [3.05, 3.63) is 33.9 Å². The summed E-state index contributed by atoms with van der Waals surface area (Å²) in [5.74, 6) is -0.227. The first-order valence-electron chi connectivity index (χ1n) is 11.0. The standard InChI is InChI=1S/C21H32N4O5S/c1-3-18(23-10-4-5-11-23)15-22-21(26)17-8-12-24(13-9-17)31(29,30)20-14-19(25(27)28)7-6-16(20)2/h6-7,14,17-18H,3-5,8-13,15H2,1-2H3,(H,22,26). The molecule has 9 nitrogen and oxygen atoms in total. The smallest absolute Gasteiger partial charge is 0.270 e. The monoisotopic (exact) mass is 452 g/mol. The van der Waals surface area contributed by atoms with Crippen molar-refractivity contribution in [2.45, 2.75) is 56.9 Å². The number of hydrogen-bond acceptors (Lipinski definition) is 6. The maximum Gasteiger partial charge on any atom is 0.270 e. The van der Waals surface area contributed by atoms with E-state index >= 15 is 0 Å². The van der Waals surface area contributed by atoms with Gasteiger partial charge in [0.15, 0.2) is 0 Å². The van der Waals surface area contributed by atoms with Gasteiger partial charge >= 0.3 is 0 Å². The van der Waals surface area contributed by atoms with Gasteiger partial charge in [-0.25, -0.2) is 8.42 Å². The second-order valence-corrected chi connectivity index (χ2v) is 10.3. The van der Waals surface area contributed by atoms with Gasteiger partial charge in [-0.15, -0.1) is 0 Å². The molecule has 0 aromatic heterocycles. The van der Waals surface area contributed by atoms with Crippen molar-refractivity contribution in [3.63, 3.8) is 0 Å². The van der Waals surface area contributed by atoms with Crippen molar-refractivity contribution in [1.82, 2.24) is 14.5 Å². The van der Waals surface area contributed by atoms with Crippen molar-refractivity contribution in [2.75, 3.05) is 32.7 Å². The van der Waals surface area contributed by atoms with Crippen LogP contribution in [-0.2, 0) is 14.8 Å². The minimum Gasteiger partial charge on any atom is -0.354 e. The van der Waals surface area contributed by atoms with Crippen LogP contribution in [0, 0.1) is 23.0 Å². The quantitative estimate of drug-likeness (QED) is 0.478. The fourth-order valence-electron chi connectivity index (χ4n) is 4.48. The van der Waals surface area contributed by atoms with E-state index in [-0.39, 0.29) is 35.5 Å². The van der Waals surface area contributed by atoms with E-state index in [1.54, 1.807) is 6.92 Å². The zero-order chi connectivity index (χ0) is 22.6. The lowest BCUT2D eigenvalue weighted by Crippen LogP contribution is -2.46. The first-order chi connectivity index (χ1) is 14.7. The Labute approximate surface area is 184 Å². The van der Waals surface area contributed by atoms with E-state index in [1.807, 2.05) is 0 Å². The molecule has 2 saturated heterocycles. The molecule has 2 fully saturated rings. The summed E-state index contributed by atoms with van der Waals surface area (Å²) in [6, 6.07) is 4.22. The Hall–Kier alpha value is -2.04. The summed E-state index contributed by atoms with van der Waals surface area (Å²) in [5.41, 5.74) is 0.222. The Morgan fingerprint density at radius 1 is 1.23 bits per heavy atom. The topological polar surface area (TPSA) is 113 Å². The third-order valence-electron chi connectivity index (χ3n) is 6.47. The fraction of sp³-hybridized carbons (Fsp3) is 0.667. The molecule has 1 amide bonds. The second-order valence-electron chi connectivity index (χ2n) is 8.44. The Bertz CT molecular complexity index is 906. The number of nitrogens with zero attached hydrogens (tertiary/aromatic N) is 3. The Kier molecular flexibility index (Phi) is 7.66. The Morgan fingerprint density at radius 3 is 2.45 bits per heavy atom. The summed E-state index contributed by atoms with van der Waals surface area (Å²) >= 11 is 0. The number of aryl methyl sites for hydroxylation is 1. The van der Waals surface area contributed by atoms with Crippen LogP contribution in [0.2, 0.25) is 0 Å². The van der Waals surface area contributed by atoms with Crippen molar-refractivity contribution in [2.24, 2.45) is 5.92 Å². The number of likely N-dealkylation sites (tertiary alicyclic amines) is 1. The van der Waals surface area contributed by atoms with Crippen LogP contribution in [0.15, 0.2) is 23.1 Å². The summed E-state index contributed by atoms with van der Waals surface area (Å²) in [4.78, 5) is 25.5. The van der Waals surface area contributed by atoms with Crippen molar-refractivity contribution in [3.8, 4) is 0 Å². The first-order valence-corrected chi connectivity index (χ1v) is 12.4. The highest BCUT2D eigenvalue weighted by molar-refractivity contribution is 7.89. The van der Waals surface area contributed by atoms with E-state index < -0.39 is 14.9 Å². The number of piperidine rings is 1. The number of hydrogen-bond donors (Lipinski definition) is 1. The van der Waals surface area contributed by atoms with Crippen molar-refractivity contribution < 1.29 is 18.1 Å². The molecule has 31 heavy (non-hydrogen) atoms. The van der Waals surface area contributed by atoms with Gasteiger partial charge in [-0.3, -0.25) is 19.8 Å². The number of carbonyl (C=O) groups excluding carboxylic acids is 1. The van der Waals surface area contributed by atoms with Gasteiger partial charge in [0.05, 0.1) is 9.82 Å². The van der Waals surface area contributed by atoms with Gasteiger partial charge in [0, 0.05) is 43.7 Å². The number of rotatable bonds is 8. The van der Waals surface area contributed by atoms with Gasteiger partial charge in [-0.2, -0.15) is 4.31 Å². The predicted molar refractivity (Wildman–Crippen MR) is 117 cm³/mol. The van der Waals surface area contributed by atoms with E-state index in [9.17, 15) is 23.3 Å². The number of nitro benzene ring substituents is 1. The summed E-state index contributed by atoms with van der Waals surface area (Å²) in [6.07, 6.45) is 4.29. The predicted octanol–water partition coefficient (Wildman–Crippen LogP) is 2.29. The molecule has 1 aromatic carbocycles. The highest BCUT2D eigenvalue weighted by Crippen LogP contribution is 2.28. The molecule has 2 aliphatic heterocycles. The van der Waals surface area contributed by atoms with Crippen LogP contribution >= 0.6 is 0 Å². The average Bonchev–Trinajstić information content (AvgIpc) is 3.29. The minimum absolute atomic E-state index is 0.0128. The van der Waals surface area contributed by atoms with Gasteiger partial charge < -0.3 is 5.32 Å². The van der Waals surface area contributed by atoms with Crippen LogP contribution in [0.3, 0.4) is 0 Å². The van der Waals surface area contributed by atoms with Gasteiger partial charge in [0.2, 0.25) is 15.9 Å². The molecule has 0 spiro atoms. The van der Waals surface area contributed by atoms with Gasteiger partial charge in [-0.1, -0.05) is 13.0 Å². The lowest BCUT2D eigenvalue weighted by molar-refractivity contribution is -0.385. The van der Waals surface area contributed by atoms with E-state index in [4.69, 9.17) is 0 Å². The third kappa shape index (κ3) is 5.42. The molecule has 0 bridgehead atoms. The molecule has 172 valence electrons. The van der Waals surface area contributed by atoms with E-state index in [2.05, 4.69) is 17.1 Å². The minimum atomic E-state index is -3.85. The molecule has 0 aliphatic carbocycles. The van der Waals surface area contributed by atoms with Crippen molar-refractivity contribution >= 4 is 21.6 Å². The second kappa shape index (κ2) is 10.1. The number of amides is 1. The summed E-state index contributed by atoms with van der Waals surface area (Å²) in [6.45, 7) is 7.01. The zero-order valence-electron chi connectivity index (χ0n) is 18.2. The highest BCUT2D eigenvalue weighted by atomic mass is 32.2. The number of carbonyl (C=O) groups is 1. The molecule has 0 radical (unpaired) electrons. The maximum atomic E-state index is 13.1. The third-order valence-corrected chi connectivity index (χ3v) is 8.51. The molecule has 1 aromatic rings. The molecule has 0 saturated carbocycles. The molecule has 10 heteroatoms. The number of nitrogens with one attached hydrogen (secondary N) is 1. The Balaban J connectivity index is 1.58. The van der Waals surface area contributed by atoms with E-state index in [1.165, 1.54) is 29.3 Å². The van der Waals surface area contributed by atoms with Crippen LogP contribution in [0.5, 0.6) is 0 Å². The molecule has 1 N–H and O–H groups in total. The largest absolute Gasteiger partial charge is 0.354 e. The molecular weight excluding hydrogens is 420 g/mol. The zero-order valence-corrected chi connectivity index (χ0v) is 19.1. The van der Waals surface area contributed by atoms with Gasteiger partial charge in [0.25, 0.3) is 5.69 Å². The lowest BCUT2D eigenvalue weighted by Gasteiger charge is -2.32. The van der Waals surface area contributed by atoms with Crippen LogP contribution in [0.25, 0.3) is 0 Å². The SMILES string of the molecule is CCC(CNC(=O)C1CCN(S(=O)(=O)c2cc([N+](=O)[O-])ccc2C)CC1)N1CCCC1.